The van der Waals surface area contributed by atoms with Crippen LogP contribution in [0.25, 0.3) is 0 Å². The minimum atomic E-state index is -0.285. The van der Waals surface area contributed by atoms with Crippen molar-refractivity contribution in [3.05, 3.63) is 58.3 Å². The van der Waals surface area contributed by atoms with Crippen molar-refractivity contribution in [3.63, 3.8) is 0 Å². The first-order chi connectivity index (χ1) is 11.8. The van der Waals surface area contributed by atoms with Crippen LogP contribution in [0.4, 0.5) is 0 Å². The number of carbonyl (C=O) groups excluding carboxylic acids is 1. The van der Waals surface area contributed by atoms with Gasteiger partial charge in [-0.15, -0.1) is 11.3 Å². The van der Waals surface area contributed by atoms with Gasteiger partial charge in [0.25, 0.3) is 0 Å². The highest BCUT2D eigenvalue weighted by Gasteiger charge is 2.46. The lowest BCUT2D eigenvalue weighted by molar-refractivity contribution is -0.145. The third-order valence-corrected chi connectivity index (χ3v) is 6.46. The van der Waals surface area contributed by atoms with Crippen LogP contribution in [0.3, 0.4) is 0 Å². The molecule has 0 bridgehead atoms. The zero-order chi connectivity index (χ0) is 16.4. The van der Waals surface area contributed by atoms with Crippen LogP contribution in [0.1, 0.15) is 42.2 Å². The highest BCUT2D eigenvalue weighted by atomic mass is 32.1. The van der Waals surface area contributed by atoms with Gasteiger partial charge in [-0.2, -0.15) is 0 Å². The molecule has 2 heterocycles. The Balaban J connectivity index is 1.57. The summed E-state index contributed by atoms with van der Waals surface area (Å²) >= 11 is 1.73. The third-order valence-electron chi connectivity index (χ3n) is 5.38. The van der Waals surface area contributed by atoms with Crippen LogP contribution in [0.15, 0.2) is 47.8 Å². The molecular weight excluding hydrogens is 318 g/mol. The molecule has 1 saturated heterocycles. The van der Waals surface area contributed by atoms with Gasteiger partial charge in [-0.25, -0.2) is 0 Å². The number of rotatable bonds is 3. The van der Waals surface area contributed by atoms with Crippen molar-refractivity contribution in [2.24, 2.45) is 0 Å². The van der Waals surface area contributed by atoms with Crippen molar-refractivity contribution in [1.29, 1.82) is 0 Å². The molecular formula is C20H23NO2S. The summed E-state index contributed by atoms with van der Waals surface area (Å²) in [5.41, 5.74) is 0.874. The number of thiophene rings is 1. The monoisotopic (exact) mass is 341 g/mol. The van der Waals surface area contributed by atoms with Gasteiger partial charge in [0, 0.05) is 11.4 Å². The fourth-order valence-corrected chi connectivity index (χ4v) is 5.08. The van der Waals surface area contributed by atoms with Gasteiger partial charge in [-0.1, -0.05) is 49.2 Å². The van der Waals surface area contributed by atoms with Crippen LogP contribution in [-0.4, -0.2) is 30.5 Å². The predicted octanol–water partition coefficient (Wildman–Crippen LogP) is 4.16. The molecule has 1 aromatic carbocycles. The minimum absolute atomic E-state index is 0.00862. The van der Waals surface area contributed by atoms with Crippen LogP contribution in [0, 0.1) is 0 Å². The van der Waals surface area contributed by atoms with E-state index in [0.717, 1.165) is 31.2 Å². The molecule has 3 nitrogen and oxygen atoms in total. The van der Waals surface area contributed by atoms with E-state index >= 15 is 0 Å². The summed E-state index contributed by atoms with van der Waals surface area (Å²) in [6.07, 6.45) is 4.26. The van der Waals surface area contributed by atoms with Crippen LogP contribution in [0.2, 0.25) is 0 Å². The van der Waals surface area contributed by atoms with Crippen LogP contribution < -0.4 is 0 Å². The Morgan fingerprint density at radius 3 is 2.62 bits per heavy atom. The molecule has 0 radical (unpaired) electrons. The van der Waals surface area contributed by atoms with E-state index in [2.05, 4.69) is 29.6 Å². The van der Waals surface area contributed by atoms with Gasteiger partial charge in [0.2, 0.25) is 5.91 Å². The first-order valence-corrected chi connectivity index (χ1v) is 9.67. The van der Waals surface area contributed by atoms with Crippen molar-refractivity contribution in [2.75, 3.05) is 19.7 Å². The Labute approximate surface area is 147 Å². The smallest absolute Gasteiger partial charge is 0.234 e. The second-order valence-electron chi connectivity index (χ2n) is 6.79. The van der Waals surface area contributed by atoms with E-state index < -0.39 is 0 Å². The van der Waals surface area contributed by atoms with Gasteiger partial charge >= 0.3 is 0 Å². The molecule has 1 unspecified atom stereocenters. The maximum atomic E-state index is 13.5. The lowest BCUT2D eigenvalue weighted by Gasteiger charge is -2.39. The largest absolute Gasteiger partial charge is 0.370 e. The van der Waals surface area contributed by atoms with Crippen molar-refractivity contribution in [1.82, 2.24) is 4.90 Å². The molecule has 1 aliphatic carbocycles. The molecule has 2 aromatic rings. The van der Waals surface area contributed by atoms with E-state index in [1.165, 1.54) is 4.88 Å². The zero-order valence-electron chi connectivity index (χ0n) is 13.8. The summed E-state index contributed by atoms with van der Waals surface area (Å²) < 4.78 is 5.94. The standard InChI is InChI=1S/C20H23NO2S/c22-19(20(10-4-5-11-20)18-9-6-14-24-18)21-12-13-23-17(15-21)16-7-2-1-3-8-16/h1-3,6-9,14,17H,4-5,10-13,15H2. The van der Waals surface area contributed by atoms with Crippen molar-refractivity contribution < 1.29 is 9.53 Å². The number of amides is 1. The van der Waals surface area contributed by atoms with Crippen molar-refractivity contribution in [3.8, 4) is 0 Å². The molecule has 24 heavy (non-hydrogen) atoms. The second kappa shape index (κ2) is 6.69. The Hall–Kier alpha value is -1.65. The molecule has 1 saturated carbocycles. The number of morpholine rings is 1. The second-order valence-corrected chi connectivity index (χ2v) is 7.74. The zero-order valence-corrected chi connectivity index (χ0v) is 14.6. The molecule has 2 aliphatic rings. The molecule has 2 fully saturated rings. The number of ether oxygens (including phenoxy) is 1. The Morgan fingerprint density at radius 1 is 1.12 bits per heavy atom. The maximum absolute atomic E-state index is 13.5. The van der Waals surface area contributed by atoms with Gasteiger partial charge in [-0.3, -0.25) is 4.79 Å². The van der Waals surface area contributed by atoms with E-state index in [9.17, 15) is 4.79 Å². The van der Waals surface area contributed by atoms with E-state index in [4.69, 9.17) is 4.74 Å². The minimum Gasteiger partial charge on any atom is -0.370 e. The molecule has 1 aliphatic heterocycles. The quantitative estimate of drug-likeness (QED) is 0.839. The van der Waals surface area contributed by atoms with Crippen LogP contribution in [0.5, 0.6) is 0 Å². The number of benzene rings is 1. The van der Waals surface area contributed by atoms with E-state index in [0.29, 0.717) is 25.6 Å². The Kier molecular flexibility index (Phi) is 4.42. The van der Waals surface area contributed by atoms with Crippen molar-refractivity contribution in [2.45, 2.75) is 37.2 Å². The molecule has 1 atom stereocenters. The molecule has 1 amide bonds. The number of hydrogen-bond donors (Lipinski definition) is 0. The summed E-state index contributed by atoms with van der Waals surface area (Å²) in [5.74, 6) is 0.312. The van der Waals surface area contributed by atoms with E-state index in [-0.39, 0.29) is 11.5 Å². The number of carbonyl (C=O) groups is 1. The predicted molar refractivity (Wildman–Crippen MR) is 96.2 cm³/mol. The third kappa shape index (κ3) is 2.78. The molecule has 1 aromatic heterocycles. The van der Waals surface area contributed by atoms with Crippen LogP contribution >= 0.6 is 11.3 Å². The topological polar surface area (TPSA) is 29.5 Å². The molecule has 0 spiro atoms. The first-order valence-electron chi connectivity index (χ1n) is 8.79. The van der Waals surface area contributed by atoms with E-state index in [1.54, 1.807) is 11.3 Å². The van der Waals surface area contributed by atoms with Crippen molar-refractivity contribution >= 4 is 17.2 Å². The Bertz CT molecular complexity index is 677. The lowest BCUT2D eigenvalue weighted by atomic mass is 9.82. The fraction of sp³-hybridized carbons (Fsp3) is 0.450. The van der Waals surface area contributed by atoms with Gasteiger partial charge in [-0.05, 0) is 29.9 Å². The molecule has 126 valence electrons. The summed E-state index contributed by atoms with van der Waals surface area (Å²) in [6, 6.07) is 14.5. The maximum Gasteiger partial charge on any atom is 0.234 e. The van der Waals surface area contributed by atoms with Gasteiger partial charge in [0.1, 0.15) is 6.10 Å². The molecule has 4 heteroatoms. The average Bonchev–Trinajstić information content (AvgIpc) is 3.34. The fourth-order valence-electron chi connectivity index (χ4n) is 4.10. The normalized spacial score (nSPS) is 23.3. The molecule has 0 N–H and O–H groups in total. The summed E-state index contributed by atoms with van der Waals surface area (Å²) in [4.78, 5) is 16.8. The van der Waals surface area contributed by atoms with Gasteiger partial charge in [0.15, 0.2) is 0 Å². The lowest BCUT2D eigenvalue weighted by Crippen LogP contribution is -2.50. The van der Waals surface area contributed by atoms with Gasteiger partial charge in [0.05, 0.1) is 18.6 Å². The van der Waals surface area contributed by atoms with Gasteiger partial charge < -0.3 is 9.64 Å². The summed E-state index contributed by atoms with van der Waals surface area (Å²) in [7, 11) is 0. The highest BCUT2D eigenvalue weighted by Crippen LogP contribution is 2.45. The van der Waals surface area contributed by atoms with Crippen LogP contribution in [-0.2, 0) is 14.9 Å². The SMILES string of the molecule is O=C(N1CCOC(c2ccccc2)C1)C1(c2cccs2)CCCC1. The molecule has 4 rings (SSSR count). The Morgan fingerprint density at radius 2 is 1.92 bits per heavy atom. The number of hydrogen-bond acceptors (Lipinski definition) is 3. The highest BCUT2D eigenvalue weighted by molar-refractivity contribution is 7.10. The number of nitrogens with zero attached hydrogens (tertiary/aromatic N) is 1. The summed E-state index contributed by atoms with van der Waals surface area (Å²) in [6.45, 7) is 1.98. The average molecular weight is 341 g/mol. The first kappa shape index (κ1) is 15.9. The summed E-state index contributed by atoms with van der Waals surface area (Å²) in [5, 5.41) is 2.09. The van der Waals surface area contributed by atoms with E-state index in [1.807, 2.05) is 23.1 Å².